The second-order valence-electron chi connectivity index (χ2n) is 1.46. The van der Waals surface area contributed by atoms with Gasteiger partial charge >= 0.3 is 0 Å². The molecule has 0 aliphatic heterocycles. The minimum absolute atomic E-state index is 0. The topological polar surface area (TPSA) is 307 Å². The summed E-state index contributed by atoms with van der Waals surface area (Å²) in [4.78, 5) is 0. The number of hydrogen-bond donors (Lipinski definition) is 3. The maximum Gasteiger partial charge on any atom is 0.0311 e. The molecule has 0 amide bonds. The largest absolute Gasteiger partial charge is 0.852 e. The van der Waals surface area contributed by atoms with Gasteiger partial charge in [0.15, 0.2) is 0 Å². The van der Waals surface area contributed by atoms with Crippen molar-refractivity contribution in [1.82, 2.24) is 18.5 Å². The van der Waals surface area contributed by atoms with Crippen molar-refractivity contribution in [3.63, 3.8) is 0 Å². The van der Waals surface area contributed by atoms with Gasteiger partial charge in [0, 0.05) is 10.4 Å². The molecule has 0 fully saturated rings. The molecule has 0 spiro atoms. The lowest BCUT2D eigenvalue weighted by atomic mass is 10.5. The van der Waals surface area contributed by atoms with Crippen molar-refractivity contribution in [3.05, 3.63) is 0 Å². The Morgan fingerprint density at radius 1 is 0.867 bits per heavy atom. The van der Waals surface area contributed by atoms with Gasteiger partial charge in [0.2, 0.25) is 0 Å². The number of quaternary nitrogens is 3. The molecule has 0 unspecified atom stereocenters. The van der Waals surface area contributed by atoms with Crippen LogP contribution in [0.15, 0.2) is 0 Å². The molecule has 0 radical (unpaired) electrons. The van der Waals surface area contributed by atoms with Crippen LogP contribution in [0.3, 0.4) is 0 Å². The lowest BCUT2D eigenvalue weighted by Crippen LogP contribution is -2.14. The Kier molecular flexibility index (Phi) is 121. The Hall–Kier alpha value is -0.410. The van der Waals surface area contributed by atoms with Gasteiger partial charge in [-0.25, -0.2) is 0 Å². The van der Waals surface area contributed by atoms with Gasteiger partial charge in [0.1, 0.15) is 0 Å². The molecule has 0 saturated heterocycles. The van der Waals surface area contributed by atoms with E-state index in [1.165, 1.54) is 0 Å². The first kappa shape index (κ1) is 62.0. The second kappa shape index (κ2) is 29.2. The predicted molar refractivity (Wildman–Crippen MR) is 54.4 cm³/mol. The fraction of sp³-hybridized carbons (Fsp3) is 1.00. The van der Waals surface area contributed by atoms with Crippen molar-refractivity contribution >= 4 is 10.4 Å². The lowest BCUT2D eigenvalue weighted by molar-refractivity contribution is -0.407. The molecule has 0 saturated carbocycles. The summed E-state index contributed by atoms with van der Waals surface area (Å²) in [5, 5.41) is 9.53. The molecule has 12 heteroatoms. The maximum absolute atomic E-state index is 9.53. The summed E-state index contributed by atoms with van der Waals surface area (Å²) in [7, 11) is -5.17. The van der Waals surface area contributed by atoms with Crippen LogP contribution in [0.2, 0.25) is 0 Å². The molecule has 106 valence electrons. The standard InChI is InChI=1S/C3H7O.3H3N.H2O4S.3H2O/c1-3(2)4;;;;1-5(2,3)4;;;/h3H,1-2H3;3*1H3;(H2,1,2,3,4);3*1H2/q-1;;;;;;;/p+1. The van der Waals surface area contributed by atoms with Crippen molar-refractivity contribution < 1.29 is 39.1 Å². The van der Waals surface area contributed by atoms with E-state index < -0.39 is 16.5 Å². The van der Waals surface area contributed by atoms with E-state index in [9.17, 15) is 5.11 Å². The highest BCUT2D eigenvalue weighted by atomic mass is 32.3. The molecule has 18 N–H and O–H groups in total. The Morgan fingerprint density at radius 3 is 0.867 bits per heavy atom. The third-order valence-electron chi connectivity index (χ3n) is 0. The van der Waals surface area contributed by atoms with Gasteiger partial charge in [-0.15, -0.1) is 6.10 Å². The molecule has 0 aromatic rings. The Bertz CT molecular complexity index is 136. The van der Waals surface area contributed by atoms with Gasteiger partial charge in [-0.2, -0.15) is 0 Å². The van der Waals surface area contributed by atoms with E-state index in [1.54, 1.807) is 13.8 Å². The van der Waals surface area contributed by atoms with E-state index in [1.807, 2.05) is 0 Å². The van der Waals surface area contributed by atoms with Gasteiger partial charge in [-0.05, 0) is 0 Å². The molecule has 0 atom stereocenters. The average Bonchev–Trinajstić information content (AvgIpc) is 1.19. The zero-order valence-corrected chi connectivity index (χ0v) is 10.3. The highest BCUT2D eigenvalue weighted by molar-refractivity contribution is 7.79. The first-order valence-electron chi connectivity index (χ1n) is 2.06. The zero-order valence-electron chi connectivity index (χ0n) is 9.53. The van der Waals surface area contributed by atoms with Crippen molar-refractivity contribution in [2.45, 2.75) is 20.0 Å². The summed E-state index contributed by atoms with van der Waals surface area (Å²) < 4.78 is 34.1. The van der Waals surface area contributed by atoms with Gasteiger partial charge in [0.05, 0.1) is 0 Å². The fourth-order valence-electron chi connectivity index (χ4n) is 0. The fourth-order valence-corrected chi connectivity index (χ4v) is 0. The van der Waals surface area contributed by atoms with E-state index in [4.69, 9.17) is 17.5 Å². The summed E-state index contributed by atoms with van der Waals surface area (Å²) in [6, 6.07) is 0. The van der Waals surface area contributed by atoms with E-state index in [2.05, 4.69) is 0 Å². The molecule has 0 aliphatic carbocycles. The number of rotatable bonds is 0. The molecule has 0 rings (SSSR count). The average molecular weight is 263 g/mol. The van der Waals surface area contributed by atoms with Gasteiger partial charge < -0.3 is 49.1 Å². The Balaban J connectivity index is -0.00000000785. The summed E-state index contributed by atoms with van der Waals surface area (Å²) >= 11 is 0. The van der Waals surface area contributed by atoms with E-state index in [0.29, 0.717) is 0 Å². The first-order chi connectivity index (χ1) is 3.73. The van der Waals surface area contributed by atoms with E-state index in [-0.39, 0.29) is 34.9 Å². The second-order valence-corrected chi connectivity index (χ2v) is 2.27. The maximum atomic E-state index is 9.53. The van der Waals surface area contributed by atoms with Crippen LogP contribution >= 0.6 is 0 Å². The summed E-state index contributed by atoms with van der Waals surface area (Å²) in [6.07, 6.45) is -0.417. The third kappa shape index (κ3) is 10900. The van der Waals surface area contributed by atoms with Crippen LogP contribution in [-0.4, -0.2) is 40.1 Å². The van der Waals surface area contributed by atoms with Crippen LogP contribution in [0.5, 0.6) is 0 Å². The quantitative estimate of drug-likeness (QED) is 0.304. The Morgan fingerprint density at radius 2 is 0.867 bits per heavy atom. The highest BCUT2D eigenvalue weighted by Gasteiger charge is 1.53. The minimum Gasteiger partial charge on any atom is -0.852 e. The van der Waals surface area contributed by atoms with Crippen LogP contribution in [0.4, 0.5) is 0 Å². The molecule has 0 bridgehead atoms. The monoisotopic (exact) mass is 263 g/mol. The summed E-state index contributed by atoms with van der Waals surface area (Å²) in [5.41, 5.74) is 0. The molecule has 0 aromatic carbocycles. The molecule has 15 heavy (non-hydrogen) atoms. The molecular weight excluding hydrogens is 238 g/mol. The van der Waals surface area contributed by atoms with Gasteiger partial charge in [0.25, 0.3) is 0 Å². The normalized spacial score (nSPS) is 6.27. The Labute approximate surface area is 88.8 Å². The van der Waals surface area contributed by atoms with Crippen LogP contribution < -0.4 is 23.6 Å². The number of hydrogen-bond acceptors (Lipinski definition) is 5. The first-order valence-corrected chi connectivity index (χ1v) is 3.39. The van der Waals surface area contributed by atoms with Crippen LogP contribution in [0, 0.1) is 0 Å². The molecule has 0 aliphatic rings. The van der Waals surface area contributed by atoms with Crippen molar-refractivity contribution in [2.24, 2.45) is 0 Å². The van der Waals surface area contributed by atoms with E-state index >= 15 is 0 Å². The van der Waals surface area contributed by atoms with Crippen molar-refractivity contribution in [1.29, 1.82) is 0 Å². The molecule has 11 nitrogen and oxygen atoms in total. The summed E-state index contributed by atoms with van der Waals surface area (Å²) in [5.74, 6) is 0. The minimum atomic E-state index is -5.17. The van der Waals surface area contributed by atoms with Crippen LogP contribution in [0.25, 0.3) is 0 Å². The zero-order chi connectivity index (χ0) is 8.08. The summed E-state index contributed by atoms with van der Waals surface area (Å²) in [6.45, 7) is 3.22. The predicted octanol–water partition coefficient (Wildman–Crippen LogP) is -2.93. The van der Waals surface area contributed by atoms with Gasteiger partial charge in [-0.3, -0.25) is 8.42 Å². The van der Waals surface area contributed by atoms with Crippen LogP contribution in [-0.2, 0) is 10.4 Å². The van der Waals surface area contributed by atoms with Crippen molar-refractivity contribution in [2.75, 3.05) is 0 Å². The van der Waals surface area contributed by atoms with Crippen LogP contribution in [0.1, 0.15) is 13.8 Å². The third-order valence-corrected chi connectivity index (χ3v) is 0. The van der Waals surface area contributed by atoms with Crippen molar-refractivity contribution in [3.8, 4) is 0 Å². The van der Waals surface area contributed by atoms with Gasteiger partial charge in [-0.1, -0.05) is 13.8 Å². The van der Waals surface area contributed by atoms with E-state index in [0.717, 1.165) is 0 Å². The molecule has 0 heterocycles. The smallest absolute Gasteiger partial charge is 0.0311 e. The molecule has 0 aromatic heterocycles. The highest BCUT2D eigenvalue weighted by Crippen LogP contribution is 1.57. The lowest BCUT2D eigenvalue weighted by Gasteiger charge is -2.06. The SMILES string of the molecule is CC(C)[O-].O.O.O.O=S(=O)([O-])[O-].[NH4+].[NH4+].[NH4+]. The molecular formula is C3H25N3O8S.